The van der Waals surface area contributed by atoms with Crippen molar-refractivity contribution in [2.45, 2.75) is 182 Å². The Labute approximate surface area is 425 Å². The average Bonchev–Trinajstić information content (AvgIpc) is 3.33. The lowest BCUT2D eigenvalue weighted by atomic mass is 9.96. The van der Waals surface area contributed by atoms with Crippen LogP contribution >= 0.6 is 0 Å². The maximum atomic E-state index is 13.0. The maximum absolute atomic E-state index is 13.0. The topological polar surface area (TPSA) is 221 Å². The number of hydrogen-bond donors (Lipinski definition) is 4. The van der Waals surface area contributed by atoms with E-state index in [2.05, 4.69) is 29.0 Å². The highest BCUT2D eigenvalue weighted by molar-refractivity contribution is 5.74. The highest BCUT2D eigenvalue weighted by atomic mass is 16.6. The number of carboxylic acid groups (broad SMARTS) is 1. The largest absolute Gasteiger partial charge is 0.481 e. The van der Waals surface area contributed by atoms with Gasteiger partial charge in [-0.3, -0.25) is 19.6 Å². The molecule has 71 heavy (non-hydrogen) atoms. The van der Waals surface area contributed by atoms with Crippen LogP contribution in [0.1, 0.15) is 156 Å². The molecule has 396 valence electrons. The molecule has 1 unspecified atom stereocenters. The van der Waals surface area contributed by atoms with Gasteiger partial charge in [0.1, 0.15) is 17.3 Å². The molecule has 15 nitrogen and oxygen atoms in total. The lowest BCUT2D eigenvalue weighted by Crippen LogP contribution is -2.43. The van der Waals surface area contributed by atoms with E-state index in [4.69, 9.17) is 30.8 Å². The summed E-state index contributed by atoms with van der Waals surface area (Å²) in [5.41, 5.74) is 14.6. The van der Waals surface area contributed by atoms with Crippen LogP contribution in [-0.2, 0) is 36.6 Å². The first kappa shape index (κ1) is 61.4. The van der Waals surface area contributed by atoms with Crippen LogP contribution < -0.4 is 11.5 Å². The van der Waals surface area contributed by atoms with Crippen LogP contribution in [0.25, 0.3) is 0 Å². The number of aliphatic hydroxyl groups is 1. The molecule has 2 saturated heterocycles. The van der Waals surface area contributed by atoms with E-state index in [9.17, 15) is 24.3 Å². The number of carbonyl (C=O) groups excluding carboxylic acids is 3. The number of nitrogens with zero attached hydrogens (tertiary/aromatic N) is 4. The normalized spacial score (nSPS) is 15.7. The zero-order valence-electron chi connectivity index (χ0n) is 44.2. The van der Waals surface area contributed by atoms with Gasteiger partial charge in [-0.25, -0.2) is 9.59 Å². The van der Waals surface area contributed by atoms with Gasteiger partial charge in [0.25, 0.3) is 0 Å². The fourth-order valence-corrected chi connectivity index (χ4v) is 7.98. The number of amides is 2. The minimum absolute atomic E-state index is 0.111. The number of aliphatic carboxylic acids is 1. The number of piperidine rings is 2. The molecule has 0 aliphatic carbocycles. The summed E-state index contributed by atoms with van der Waals surface area (Å²) in [5, 5.41) is 18.7. The Bertz CT molecular complexity index is 1900. The Morgan fingerprint density at radius 3 is 1.63 bits per heavy atom. The van der Waals surface area contributed by atoms with Gasteiger partial charge in [0.15, 0.2) is 0 Å². The van der Waals surface area contributed by atoms with Crippen molar-refractivity contribution in [3.63, 3.8) is 0 Å². The number of ether oxygens (including phenoxy) is 3. The number of likely N-dealkylation sites (tertiary alicyclic amines) is 2. The molecule has 2 aliphatic rings. The first-order valence-corrected chi connectivity index (χ1v) is 25.7. The zero-order chi connectivity index (χ0) is 52.7. The Morgan fingerprint density at radius 2 is 1.23 bits per heavy atom. The molecule has 1 atom stereocenters. The Kier molecular flexibility index (Phi) is 29.2. The molecular weight excluding hydrogens is 901 g/mol. The molecule has 6 N–H and O–H groups in total. The van der Waals surface area contributed by atoms with Gasteiger partial charge in [0.05, 0.1) is 17.9 Å². The van der Waals surface area contributed by atoms with Gasteiger partial charge >= 0.3 is 24.1 Å². The van der Waals surface area contributed by atoms with E-state index < -0.39 is 17.2 Å². The Morgan fingerprint density at radius 1 is 0.746 bits per heavy atom. The molecule has 0 aromatic carbocycles. The number of carboxylic acids is 1. The third-order valence-electron chi connectivity index (χ3n) is 11.9. The summed E-state index contributed by atoms with van der Waals surface area (Å²) >= 11 is 0. The van der Waals surface area contributed by atoms with E-state index in [-0.39, 0.29) is 42.2 Å². The van der Waals surface area contributed by atoms with Gasteiger partial charge in [0.2, 0.25) is 0 Å². The van der Waals surface area contributed by atoms with Crippen molar-refractivity contribution >= 4 is 24.1 Å². The molecule has 0 bridgehead atoms. The molecule has 2 aromatic heterocycles. The fraction of sp³-hybridized carbons (Fsp3) is 0.607. The first-order chi connectivity index (χ1) is 33.7. The van der Waals surface area contributed by atoms with Crippen LogP contribution in [0.4, 0.5) is 9.59 Å². The van der Waals surface area contributed by atoms with E-state index in [1.165, 1.54) is 22.9 Å². The highest BCUT2D eigenvalue weighted by Gasteiger charge is 2.32. The Balaban J connectivity index is 0.000000406. The number of allylic oxidation sites excluding steroid dienone is 6. The van der Waals surface area contributed by atoms with Gasteiger partial charge in [-0.15, -0.1) is 0 Å². The number of hydrogen-bond acceptors (Lipinski definition) is 12. The van der Waals surface area contributed by atoms with Crippen molar-refractivity contribution in [2.24, 2.45) is 23.3 Å². The van der Waals surface area contributed by atoms with Crippen LogP contribution in [0.2, 0.25) is 0 Å². The number of aryl methyl sites for hydroxylation is 2. The van der Waals surface area contributed by atoms with Crippen molar-refractivity contribution < 1.29 is 43.6 Å². The number of pyridine rings is 2. The second-order valence-corrected chi connectivity index (χ2v) is 20.5. The molecule has 4 rings (SSSR count). The SMILES string of the molecule is C/C=C\C(=C/N)CCCC(O)CCC/C(C)=C/C=C\N.CC(C)(C)OC(=O)N1CCC(C(=O)O)CC1.CC(C)(C)OC(=O)N1CCC(C(=O)OC(CCCc2cccnc2)CCCc2cccnc2)CC1. The van der Waals surface area contributed by atoms with Gasteiger partial charge in [-0.05, 0) is 205 Å². The predicted molar refractivity (Wildman–Crippen MR) is 281 cm³/mol. The monoisotopic (exact) mass is 989 g/mol. The molecular formula is C56H88N6O9. The predicted octanol–water partition coefficient (Wildman–Crippen LogP) is 10.6. The summed E-state index contributed by atoms with van der Waals surface area (Å²) in [6.45, 7) is 17.0. The van der Waals surface area contributed by atoms with Crippen molar-refractivity contribution in [1.29, 1.82) is 0 Å². The molecule has 2 fully saturated rings. The van der Waals surface area contributed by atoms with Crippen LogP contribution in [0.3, 0.4) is 0 Å². The summed E-state index contributed by atoms with van der Waals surface area (Å²) in [7, 11) is 0. The molecule has 0 radical (unpaired) electrons. The third-order valence-corrected chi connectivity index (χ3v) is 11.9. The fourth-order valence-electron chi connectivity index (χ4n) is 7.98. The van der Waals surface area contributed by atoms with Crippen LogP contribution in [0.5, 0.6) is 0 Å². The summed E-state index contributed by atoms with van der Waals surface area (Å²) in [6.07, 6.45) is 30.6. The molecule has 2 aromatic rings. The smallest absolute Gasteiger partial charge is 0.410 e. The lowest BCUT2D eigenvalue weighted by molar-refractivity contribution is -0.156. The third kappa shape index (κ3) is 28.7. The summed E-state index contributed by atoms with van der Waals surface area (Å²) in [4.78, 5) is 59.3. The maximum Gasteiger partial charge on any atom is 0.410 e. The molecule has 0 saturated carbocycles. The number of carbonyl (C=O) groups is 4. The standard InChI is InChI=1S/C28H39N3O4.C17H30N2O.C11H19NO4/c1-28(2,3)35-27(33)31-18-14-24(15-19-31)26(32)34-25(12-4-8-22-10-6-16-29-20-22)13-5-9-23-11-7-17-30-21-23;1-3-7-16(14-19)10-5-12-17(20)11-4-8-15(2)9-6-13-18;1-11(2,3)16-10(15)12-6-4-8(5-7-12)9(13)14/h6-7,10-11,16-17,20-21,24-25H,4-5,8-9,12-15,18-19H2,1-3H3;3,6-7,9,13-14,17,20H,4-5,8,10-12,18-19H2,1-2H3;8H,4-7H2,1-3H3,(H,13,14)/b;7-3-,13-6-,15-9+,16-14+;. The van der Waals surface area contributed by atoms with Crippen LogP contribution in [0.15, 0.2) is 96.9 Å². The van der Waals surface area contributed by atoms with E-state index in [0.29, 0.717) is 51.9 Å². The first-order valence-electron chi connectivity index (χ1n) is 25.7. The van der Waals surface area contributed by atoms with Gasteiger partial charge in [0, 0.05) is 51.0 Å². The number of rotatable bonds is 21. The van der Waals surface area contributed by atoms with Crippen molar-refractivity contribution in [1.82, 2.24) is 19.8 Å². The summed E-state index contributed by atoms with van der Waals surface area (Å²) in [6, 6.07) is 8.05. The molecule has 2 amide bonds. The highest BCUT2D eigenvalue weighted by Crippen LogP contribution is 2.24. The summed E-state index contributed by atoms with van der Waals surface area (Å²) < 4.78 is 16.7. The molecule has 15 heteroatoms. The second kappa shape index (κ2) is 33.8. The molecule has 0 spiro atoms. The quantitative estimate of drug-likeness (QED) is 0.0520. The number of aliphatic hydroxyl groups excluding tert-OH is 1. The van der Waals surface area contributed by atoms with Crippen molar-refractivity contribution in [3.8, 4) is 0 Å². The lowest BCUT2D eigenvalue weighted by Gasteiger charge is -2.33. The molecule has 2 aliphatic heterocycles. The van der Waals surface area contributed by atoms with E-state index in [1.54, 1.807) is 28.4 Å². The number of esters is 1. The average molecular weight is 989 g/mol. The van der Waals surface area contributed by atoms with E-state index in [0.717, 1.165) is 82.6 Å². The van der Waals surface area contributed by atoms with Crippen molar-refractivity contribution in [3.05, 3.63) is 108 Å². The van der Waals surface area contributed by atoms with E-state index in [1.807, 2.05) is 97.3 Å². The minimum Gasteiger partial charge on any atom is -0.481 e. The number of aromatic nitrogens is 2. The van der Waals surface area contributed by atoms with Crippen LogP contribution in [-0.4, -0.2) is 104 Å². The molecule has 4 heterocycles. The zero-order valence-corrected chi connectivity index (χ0v) is 44.2. The van der Waals surface area contributed by atoms with Gasteiger partial charge in [-0.2, -0.15) is 0 Å². The van der Waals surface area contributed by atoms with Crippen LogP contribution in [0, 0.1) is 11.8 Å². The summed E-state index contributed by atoms with van der Waals surface area (Å²) in [5.74, 6) is -1.41. The minimum atomic E-state index is -0.774. The Hall–Kier alpha value is -5.70. The van der Waals surface area contributed by atoms with Crippen molar-refractivity contribution in [2.75, 3.05) is 26.2 Å². The van der Waals surface area contributed by atoms with Gasteiger partial charge < -0.3 is 45.7 Å². The van der Waals surface area contributed by atoms with Gasteiger partial charge in [-0.1, -0.05) is 35.9 Å². The van der Waals surface area contributed by atoms with E-state index >= 15 is 0 Å². The second-order valence-electron chi connectivity index (χ2n) is 20.5. The number of nitrogens with two attached hydrogens (primary N) is 2.